The summed E-state index contributed by atoms with van der Waals surface area (Å²) in [6.07, 6.45) is 1.56. The van der Waals surface area contributed by atoms with Gasteiger partial charge in [0.25, 0.3) is 0 Å². The highest BCUT2D eigenvalue weighted by atomic mass is 32.2. The van der Waals surface area contributed by atoms with E-state index in [1.165, 1.54) is 16.4 Å². The van der Waals surface area contributed by atoms with Crippen LogP contribution in [-0.2, 0) is 10.0 Å². The molecule has 8 nitrogen and oxygen atoms in total. The quantitative estimate of drug-likeness (QED) is 0.598. The number of sulfonamides is 1. The van der Waals surface area contributed by atoms with Gasteiger partial charge >= 0.3 is 5.69 Å². The second-order valence-electron chi connectivity index (χ2n) is 4.44. The number of nitriles is 1. The van der Waals surface area contributed by atoms with Crippen LogP contribution in [-0.4, -0.2) is 37.3 Å². The molecule has 0 unspecified atom stereocenters. The third kappa shape index (κ3) is 3.12. The Labute approximate surface area is 121 Å². The average molecular weight is 311 g/mol. The van der Waals surface area contributed by atoms with Crippen LogP contribution in [0.25, 0.3) is 0 Å². The standard InChI is InChI=1S/C12H13N3O5S/c13-5-8-20-12-4-3-10(9-11(12)15(16)17)21(18,19)14-6-1-2-7-14/h3-4,9H,1-2,6-8H2. The van der Waals surface area contributed by atoms with E-state index in [-0.39, 0.29) is 17.3 Å². The van der Waals surface area contributed by atoms with Gasteiger partial charge in [0.05, 0.1) is 9.82 Å². The largest absolute Gasteiger partial charge is 0.472 e. The zero-order chi connectivity index (χ0) is 15.5. The van der Waals surface area contributed by atoms with Crippen molar-refractivity contribution in [2.24, 2.45) is 0 Å². The Balaban J connectivity index is 2.40. The molecule has 0 spiro atoms. The predicted octanol–water partition coefficient (Wildman–Crippen LogP) is 1.28. The second kappa shape index (κ2) is 6.07. The summed E-state index contributed by atoms with van der Waals surface area (Å²) in [4.78, 5) is 10.2. The second-order valence-corrected chi connectivity index (χ2v) is 6.38. The van der Waals surface area contributed by atoms with Gasteiger partial charge in [-0.2, -0.15) is 9.57 Å². The molecule has 1 aliphatic heterocycles. The number of ether oxygens (including phenoxy) is 1. The van der Waals surface area contributed by atoms with E-state index in [0.717, 1.165) is 18.9 Å². The monoisotopic (exact) mass is 311 g/mol. The van der Waals surface area contributed by atoms with Crippen molar-refractivity contribution in [3.8, 4) is 11.8 Å². The maximum Gasteiger partial charge on any atom is 0.312 e. The van der Waals surface area contributed by atoms with Gasteiger partial charge in [0, 0.05) is 19.2 Å². The molecule has 21 heavy (non-hydrogen) atoms. The van der Waals surface area contributed by atoms with Crippen LogP contribution in [0, 0.1) is 21.4 Å². The van der Waals surface area contributed by atoms with Gasteiger partial charge in [0.1, 0.15) is 6.07 Å². The molecule has 1 heterocycles. The van der Waals surface area contributed by atoms with E-state index in [1.807, 2.05) is 0 Å². The maximum atomic E-state index is 12.3. The Morgan fingerprint density at radius 2 is 2.05 bits per heavy atom. The molecule has 1 fully saturated rings. The van der Waals surface area contributed by atoms with Gasteiger partial charge in [0.15, 0.2) is 12.4 Å². The topological polar surface area (TPSA) is 114 Å². The maximum absolute atomic E-state index is 12.3. The number of benzene rings is 1. The van der Waals surface area contributed by atoms with Crippen LogP contribution in [0.4, 0.5) is 5.69 Å². The fourth-order valence-electron chi connectivity index (χ4n) is 2.11. The van der Waals surface area contributed by atoms with Crippen molar-refractivity contribution in [3.05, 3.63) is 28.3 Å². The van der Waals surface area contributed by atoms with Gasteiger partial charge < -0.3 is 4.74 Å². The van der Waals surface area contributed by atoms with Crippen molar-refractivity contribution >= 4 is 15.7 Å². The SMILES string of the molecule is N#CCOc1ccc(S(=O)(=O)N2CCCC2)cc1[N+](=O)[O-]. The van der Waals surface area contributed by atoms with Crippen LogP contribution in [0.1, 0.15) is 12.8 Å². The van der Waals surface area contributed by atoms with Crippen molar-refractivity contribution in [1.82, 2.24) is 4.31 Å². The van der Waals surface area contributed by atoms with Crippen LogP contribution < -0.4 is 4.74 Å². The number of nitro benzene ring substituents is 1. The van der Waals surface area contributed by atoms with E-state index in [1.54, 1.807) is 6.07 Å². The Morgan fingerprint density at radius 3 is 2.62 bits per heavy atom. The molecule has 0 amide bonds. The molecule has 1 aromatic carbocycles. The van der Waals surface area contributed by atoms with Crippen LogP contribution >= 0.6 is 0 Å². The number of rotatable bonds is 5. The zero-order valence-corrected chi connectivity index (χ0v) is 11.9. The lowest BCUT2D eigenvalue weighted by atomic mass is 10.3. The van der Waals surface area contributed by atoms with Crippen molar-refractivity contribution in [1.29, 1.82) is 5.26 Å². The van der Waals surface area contributed by atoms with Crippen LogP contribution in [0.2, 0.25) is 0 Å². The molecule has 0 saturated carbocycles. The van der Waals surface area contributed by atoms with Gasteiger partial charge in [0.2, 0.25) is 10.0 Å². The molecule has 2 rings (SSSR count). The minimum absolute atomic E-state index is 0.123. The normalized spacial score (nSPS) is 15.6. The van der Waals surface area contributed by atoms with Crippen LogP contribution in [0.5, 0.6) is 5.75 Å². The van der Waals surface area contributed by atoms with Crippen LogP contribution in [0.15, 0.2) is 23.1 Å². The van der Waals surface area contributed by atoms with Gasteiger partial charge in [-0.3, -0.25) is 10.1 Å². The van der Waals surface area contributed by atoms with E-state index in [2.05, 4.69) is 0 Å². The highest BCUT2D eigenvalue weighted by Gasteiger charge is 2.29. The fourth-order valence-corrected chi connectivity index (χ4v) is 3.65. The Kier molecular flexibility index (Phi) is 4.40. The molecular formula is C12H13N3O5S. The van der Waals surface area contributed by atoms with Crippen LogP contribution in [0.3, 0.4) is 0 Å². The third-order valence-electron chi connectivity index (χ3n) is 3.12. The molecular weight excluding hydrogens is 298 g/mol. The van der Waals surface area contributed by atoms with E-state index >= 15 is 0 Å². The van der Waals surface area contributed by atoms with Crippen molar-refractivity contribution in [3.63, 3.8) is 0 Å². The first-order valence-corrected chi connectivity index (χ1v) is 7.69. The van der Waals surface area contributed by atoms with Gasteiger partial charge in [-0.25, -0.2) is 8.42 Å². The lowest BCUT2D eigenvalue weighted by molar-refractivity contribution is -0.386. The number of nitrogens with zero attached hydrogens (tertiary/aromatic N) is 3. The first-order chi connectivity index (χ1) is 9.96. The molecule has 0 atom stereocenters. The van der Waals surface area contributed by atoms with E-state index in [0.29, 0.717) is 13.1 Å². The summed E-state index contributed by atoms with van der Waals surface area (Å²) in [7, 11) is -3.72. The molecule has 0 radical (unpaired) electrons. The summed E-state index contributed by atoms with van der Waals surface area (Å²) >= 11 is 0. The molecule has 1 aromatic rings. The summed E-state index contributed by atoms with van der Waals surface area (Å²) in [6, 6.07) is 5.14. The van der Waals surface area contributed by atoms with Gasteiger partial charge in [-0.05, 0) is 25.0 Å². The minimum atomic E-state index is -3.72. The molecule has 0 aliphatic carbocycles. The highest BCUT2D eigenvalue weighted by Crippen LogP contribution is 2.31. The minimum Gasteiger partial charge on any atom is -0.472 e. The smallest absolute Gasteiger partial charge is 0.312 e. The first kappa shape index (κ1) is 15.2. The van der Waals surface area contributed by atoms with Crippen molar-refractivity contribution < 1.29 is 18.1 Å². The zero-order valence-electron chi connectivity index (χ0n) is 11.1. The van der Waals surface area contributed by atoms with Crippen molar-refractivity contribution in [2.45, 2.75) is 17.7 Å². The molecule has 112 valence electrons. The van der Waals surface area contributed by atoms with E-state index in [9.17, 15) is 18.5 Å². The molecule has 9 heteroatoms. The Bertz CT molecular complexity index is 689. The van der Waals surface area contributed by atoms with E-state index in [4.69, 9.17) is 10.00 Å². The Hall–Kier alpha value is -2.18. The molecule has 1 aliphatic rings. The van der Waals surface area contributed by atoms with Gasteiger partial charge in [-0.1, -0.05) is 0 Å². The number of hydrogen-bond acceptors (Lipinski definition) is 6. The Morgan fingerprint density at radius 1 is 1.38 bits per heavy atom. The molecule has 0 N–H and O–H groups in total. The summed E-state index contributed by atoms with van der Waals surface area (Å²) < 4.78 is 30.9. The lowest BCUT2D eigenvalue weighted by Gasteiger charge is -2.15. The predicted molar refractivity (Wildman–Crippen MR) is 72.2 cm³/mol. The summed E-state index contributed by atoms with van der Waals surface area (Å²) in [6.45, 7) is 0.491. The summed E-state index contributed by atoms with van der Waals surface area (Å²) in [5.41, 5.74) is -0.467. The third-order valence-corrected chi connectivity index (χ3v) is 5.02. The molecule has 0 bridgehead atoms. The van der Waals surface area contributed by atoms with E-state index < -0.39 is 20.6 Å². The highest BCUT2D eigenvalue weighted by molar-refractivity contribution is 7.89. The summed E-state index contributed by atoms with van der Waals surface area (Å²) in [5.74, 6) is -0.123. The number of hydrogen-bond donors (Lipinski definition) is 0. The molecule has 0 aromatic heterocycles. The fraction of sp³-hybridized carbons (Fsp3) is 0.417. The first-order valence-electron chi connectivity index (χ1n) is 6.25. The summed E-state index contributed by atoms with van der Waals surface area (Å²) in [5, 5.41) is 19.5. The number of nitro groups is 1. The molecule has 1 saturated heterocycles. The van der Waals surface area contributed by atoms with Gasteiger partial charge in [-0.15, -0.1) is 0 Å². The average Bonchev–Trinajstić information content (AvgIpc) is 2.99. The van der Waals surface area contributed by atoms with Crippen molar-refractivity contribution in [2.75, 3.05) is 19.7 Å². The lowest BCUT2D eigenvalue weighted by Crippen LogP contribution is -2.27.